The Morgan fingerprint density at radius 3 is 2.55 bits per heavy atom. The van der Waals surface area contributed by atoms with Gasteiger partial charge in [0, 0.05) is 10.1 Å². The van der Waals surface area contributed by atoms with E-state index in [0.717, 1.165) is 20.4 Å². The summed E-state index contributed by atoms with van der Waals surface area (Å²) in [6, 6.07) is 13.2. The fraction of sp³-hybridized carbons (Fsp3) is 0.188. The molecule has 0 aliphatic heterocycles. The second-order valence-electron chi connectivity index (χ2n) is 4.54. The van der Waals surface area contributed by atoms with Gasteiger partial charge in [0.25, 0.3) is 5.91 Å². The molecule has 0 radical (unpaired) electrons. The predicted octanol–water partition coefficient (Wildman–Crippen LogP) is 3.85. The smallest absolute Gasteiger partial charge is 0.259 e. The highest BCUT2D eigenvalue weighted by Gasteiger charge is 2.20. The summed E-state index contributed by atoms with van der Waals surface area (Å²) in [6.45, 7) is 4.54. The summed E-state index contributed by atoms with van der Waals surface area (Å²) in [7, 11) is 0. The van der Waals surface area contributed by atoms with Crippen molar-refractivity contribution in [2.45, 2.75) is 13.8 Å². The van der Waals surface area contributed by atoms with Crippen LogP contribution in [0.25, 0.3) is 0 Å². The molecule has 2 aromatic carbocycles. The number of nitrogen functional groups attached to an aromatic ring is 1. The fourth-order valence-corrected chi connectivity index (χ4v) is 2.70. The van der Waals surface area contributed by atoms with E-state index in [1.54, 1.807) is 4.90 Å². The van der Waals surface area contributed by atoms with E-state index in [1.165, 1.54) is 0 Å². The minimum atomic E-state index is -0.0153. The molecule has 0 atom stereocenters. The van der Waals surface area contributed by atoms with Crippen LogP contribution in [-0.2, 0) is 0 Å². The van der Waals surface area contributed by atoms with Crippen LogP contribution in [0, 0.1) is 10.5 Å². The molecule has 20 heavy (non-hydrogen) atoms. The molecule has 2 N–H and O–H groups in total. The van der Waals surface area contributed by atoms with Gasteiger partial charge in [-0.1, -0.05) is 24.3 Å². The number of benzene rings is 2. The van der Waals surface area contributed by atoms with Crippen molar-refractivity contribution in [2.24, 2.45) is 0 Å². The number of hydrogen-bond acceptors (Lipinski definition) is 2. The lowest BCUT2D eigenvalue weighted by molar-refractivity contribution is 0.0987. The van der Waals surface area contributed by atoms with Crippen molar-refractivity contribution < 1.29 is 4.79 Å². The summed E-state index contributed by atoms with van der Waals surface area (Å²) in [6.07, 6.45) is 0. The molecule has 0 fully saturated rings. The quantitative estimate of drug-likeness (QED) is 0.650. The van der Waals surface area contributed by atoms with Gasteiger partial charge in [-0.15, -0.1) is 0 Å². The number of rotatable bonds is 3. The third-order valence-corrected chi connectivity index (χ3v) is 4.64. The number of hydrogen-bond donors (Lipinski definition) is 1. The largest absolute Gasteiger partial charge is 0.397 e. The van der Waals surface area contributed by atoms with Gasteiger partial charge in [0.05, 0.1) is 16.9 Å². The zero-order chi connectivity index (χ0) is 14.7. The number of carbonyl (C=O) groups excluding carboxylic acids is 1. The van der Waals surface area contributed by atoms with Crippen LogP contribution in [0.1, 0.15) is 22.8 Å². The maximum absolute atomic E-state index is 12.8. The van der Waals surface area contributed by atoms with Crippen LogP contribution < -0.4 is 10.6 Å². The Morgan fingerprint density at radius 1 is 1.20 bits per heavy atom. The first kappa shape index (κ1) is 14.8. The molecule has 2 rings (SSSR count). The Kier molecular flexibility index (Phi) is 4.65. The summed E-state index contributed by atoms with van der Waals surface area (Å²) >= 11 is 2.22. The Bertz CT molecular complexity index is 640. The van der Waals surface area contributed by atoms with Crippen LogP contribution in [0.2, 0.25) is 0 Å². The monoisotopic (exact) mass is 380 g/mol. The molecule has 0 saturated heterocycles. The fourth-order valence-electron chi connectivity index (χ4n) is 2.11. The molecule has 3 nitrogen and oxygen atoms in total. The van der Waals surface area contributed by atoms with E-state index in [2.05, 4.69) is 22.6 Å². The molecular weight excluding hydrogens is 363 g/mol. The maximum Gasteiger partial charge on any atom is 0.259 e. The standard InChI is InChI=1S/C16H17IN2O/c1-3-19(14-10-5-4-9-13(14)18)16(20)12-8-6-7-11(2)15(12)17/h4-10H,3,18H2,1-2H3. The van der Waals surface area contributed by atoms with Crippen molar-refractivity contribution in [3.8, 4) is 0 Å². The van der Waals surface area contributed by atoms with E-state index >= 15 is 0 Å². The molecule has 4 heteroatoms. The first-order valence-corrected chi connectivity index (χ1v) is 7.55. The molecular formula is C16H17IN2O. The number of amides is 1. The lowest BCUT2D eigenvalue weighted by Gasteiger charge is -2.23. The van der Waals surface area contributed by atoms with Crippen molar-refractivity contribution >= 4 is 39.9 Å². The number of nitrogens with zero attached hydrogens (tertiary/aromatic N) is 1. The van der Waals surface area contributed by atoms with Crippen molar-refractivity contribution in [2.75, 3.05) is 17.2 Å². The summed E-state index contributed by atoms with van der Waals surface area (Å²) < 4.78 is 0.989. The molecule has 0 saturated carbocycles. The Morgan fingerprint density at radius 2 is 1.90 bits per heavy atom. The first-order valence-electron chi connectivity index (χ1n) is 6.47. The molecule has 2 aromatic rings. The molecule has 0 aliphatic carbocycles. The second kappa shape index (κ2) is 6.26. The van der Waals surface area contributed by atoms with E-state index in [9.17, 15) is 4.79 Å². The van der Waals surface area contributed by atoms with Crippen LogP contribution in [0.4, 0.5) is 11.4 Å². The highest BCUT2D eigenvalue weighted by atomic mass is 127. The van der Waals surface area contributed by atoms with E-state index < -0.39 is 0 Å². The minimum Gasteiger partial charge on any atom is -0.397 e. The van der Waals surface area contributed by atoms with Crippen molar-refractivity contribution in [3.63, 3.8) is 0 Å². The van der Waals surface area contributed by atoms with Crippen LogP contribution in [0.3, 0.4) is 0 Å². The van der Waals surface area contributed by atoms with E-state index in [-0.39, 0.29) is 5.91 Å². The highest BCUT2D eigenvalue weighted by molar-refractivity contribution is 14.1. The molecule has 1 amide bonds. The average molecular weight is 380 g/mol. The second-order valence-corrected chi connectivity index (χ2v) is 5.62. The highest BCUT2D eigenvalue weighted by Crippen LogP contribution is 2.26. The van der Waals surface area contributed by atoms with Gasteiger partial charge < -0.3 is 10.6 Å². The number of aryl methyl sites for hydroxylation is 1. The zero-order valence-corrected chi connectivity index (χ0v) is 13.7. The Labute approximate surface area is 132 Å². The molecule has 0 aliphatic rings. The first-order chi connectivity index (χ1) is 9.56. The molecule has 0 unspecified atom stereocenters. The van der Waals surface area contributed by atoms with Gasteiger partial charge >= 0.3 is 0 Å². The van der Waals surface area contributed by atoms with Gasteiger partial charge in [0.1, 0.15) is 0 Å². The van der Waals surface area contributed by atoms with E-state index in [0.29, 0.717) is 12.2 Å². The average Bonchev–Trinajstić information content (AvgIpc) is 2.44. The van der Waals surface area contributed by atoms with Crippen molar-refractivity contribution in [3.05, 3.63) is 57.2 Å². The van der Waals surface area contributed by atoms with Gasteiger partial charge in [-0.05, 0) is 60.2 Å². The summed E-state index contributed by atoms with van der Waals surface area (Å²) in [4.78, 5) is 14.5. The summed E-state index contributed by atoms with van der Waals surface area (Å²) in [5.41, 5.74) is 9.19. The van der Waals surface area contributed by atoms with Crippen LogP contribution >= 0.6 is 22.6 Å². The van der Waals surface area contributed by atoms with Gasteiger partial charge in [-0.25, -0.2) is 0 Å². The third kappa shape index (κ3) is 2.80. The third-order valence-electron chi connectivity index (χ3n) is 3.21. The molecule has 0 spiro atoms. The Balaban J connectivity index is 2.45. The lowest BCUT2D eigenvalue weighted by Crippen LogP contribution is -2.32. The van der Waals surface area contributed by atoms with Gasteiger partial charge in [-0.3, -0.25) is 4.79 Å². The van der Waals surface area contributed by atoms with Crippen LogP contribution in [0.15, 0.2) is 42.5 Å². The molecule has 104 valence electrons. The summed E-state index contributed by atoms with van der Waals surface area (Å²) in [5, 5.41) is 0. The normalized spacial score (nSPS) is 10.3. The number of anilines is 2. The van der Waals surface area contributed by atoms with Crippen molar-refractivity contribution in [1.29, 1.82) is 0 Å². The van der Waals surface area contributed by atoms with Gasteiger partial charge in [0.2, 0.25) is 0 Å². The number of halogens is 1. The van der Waals surface area contributed by atoms with Crippen molar-refractivity contribution in [1.82, 2.24) is 0 Å². The van der Waals surface area contributed by atoms with Crippen LogP contribution in [-0.4, -0.2) is 12.5 Å². The SMILES string of the molecule is CCN(C(=O)c1cccc(C)c1I)c1ccccc1N. The van der Waals surface area contributed by atoms with Gasteiger partial charge in [-0.2, -0.15) is 0 Å². The number of nitrogens with two attached hydrogens (primary N) is 1. The Hall–Kier alpha value is -1.56. The van der Waals surface area contributed by atoms with Gasteiger partial charge in [0.15, 0.2) is 0 Å². The zero-order valence-electron chi connectivity index (χ0n) is 11.6. The minimum absolute atomic E-state index is 0.0153. The molecule has 0 bridgehead atoms. The topological polar surface area (TPSA) is 46.3 Å². The van der Waals surface area contributed by atoms with E-state index in [1.807, 2.05) is 56.3 Å². The number of para-hydroxylation sites is 2. The number of carbonyl (C=O) groups is 1. The molecule has 0 aromatic heterocycles. The van der Waals surface area contributed by atoms with E-state index in [4.69, 9.17) is 5.73 Å². The predicted molar refractivity (Wildman–Crippen MR) is 92.1 cm³/mol. The molecule has 0 heterocycles. The maximum atomic E-state index is 12.8. The summed E-state index contributed by atoms with van der Waals surface area (Å²) in [5.74, 6) is -0.0153. The lowest BCUT2D eigenvalue weighted by atomic mass is 10.1. The van der Waals surface area contributed by atoms with Crippen LogP contribution in [0.5, 0.6) is 0 Å².